The maximum atomic E-state index is 6.21. The first-order chi connectivity index (χ1) is 15.1. The smallest absolute Gasteiger partial charge is 0.320 e. The number of hydrogen-bond donors (Lipinski definition) is 0. The van der Waals surface area contributed by atoms with E-state index in [0.29, 0.717) is 18.4 Å². The van der Waals surface area contributed by atoms with Gasteiger partial charge in [-0.05, 0) is 25.6 Å². The number of aryl methyl sites for hydroxylation is 1. The van der Waals surface area contributed by atoms with Gasteiger partial charge < -0.3 is 24.0 Å². The third-order valence-electron chi connectivity index (χ3n) is 5.95. The first-order valence-corrected chi connectivity index (χ1v) is 10.7. The van der Waals surface area contributed by atoms with Gasteiger partial charge in [-0.3, -0.25) is 0 Å². The van der Waals surface area contributed by atoms with Gasteiger partial charge in [0.2, 0.25) is 0 Å². The number of benzene rings is 1. The van der Waals surface area contributed by atoms with Crippen LogP contribution in [0, 0.1) is 6.92 Å². The van der Waals surface area contributed by atoms with Gasteiger partial charge in [-0.15, -0.1) is 0 Å². The van der Waals surface area contributed by atoms with E-state index in [9.17, 15) is 0 Å². The van der Waals surface area contributed by atoms with Crippen LogP contribution in [0.5, 0.6) is 11.8 Å². The van der Waals surface area contributed by atoms with Crippen LogP contribution in [0.3, 0.4) is 0 Å². The van der Waals surface area contributed by atoms with Crippen molar-refractivity contribution >= 4 is 16.7 Å². The molecular formula is C22H28N6O3. The summed E-state index contributed by atoms with van der Waals surface area (Å²) in [6.45, 7) is 7.26. The molecular weight excluding hydrogens is 396 g/mol. The van der Waals surface area contributed by atoms with Gasteiger partial charge in [0.05, 0.1) is 32.0 Å². The molecule has 4 heterocycles. The van der Waals surface area contributed by atoms with Crippen LogP contribution in [0.25, 0.3) is 16.7 Å². The molecule has 2 fully saturated rings. The lowest BCUT2D eigenvalue weighted by Gasteiger charge is -2.33. The maximum absolute atomic E-state index is 6.21. The van der Waals surface area contributed by atoms with E-state index in [2.05, 4.69) is 44.9 Å². The minimum Gasteiger partial charge on any atom is -0.488 e. The average molecular weight is 425 g/mol. The average Bonchev–Trinajstić information content (AvgIpc) is 3.44. The largest absolute Gasteiger partial charge is 0.488 e. The molecule has 2 aliphatic rings. The lowest BCUT2D eigenvalue weighted by atomic mass is 10.1. The van der Waals surface area contributed by atoms with Crippen LogP contribution >= 0.6 is 0 Å². The van der Waals surface area contributed by atoms with Crippen molar-refractivity contribution in [1.82, 2.24) is 24.6 Å². The van der Waals surface area contributed by atoms with Crippen molar-refractivity contribution in [2.24, 2.45) is 0 Å². The summed E-state index contributed by atoms with van der Waals surface area (Å²) in [6, 6.07) is 6.46. The highest BCUT2D eigenvalue weighted by Gasteiger charge is 2.21. The molecule has 164 valence electrons. The molecule has 0 bridgehead atoms. The standard InChI is InChI=1S/C22H28N6O3/c1-15-10-16-13-23-28(18(16)11-19(15)31-17-4-9-30-14-17)21-12-20(24-22(25-21)29-3)27-7-5-26(2)6-8-27/h10-13,17H,4-9,14H2,1-3H3. The van der Waals surface area contributed by atoms with Crippen molar-refractivity contribution < 1.29 is 14.2 Å². The minimum atomic E-state index is 0.0931. The fourth-order valence-corrected chi connectivity index (χ4v) is 4.06. The molecule has 1 unspecified atom stereocenters. The summed E-state index contributed by atoms with van der Waals surface area (Å²) in [5.41, 5.74) is 2.02. The van der Waals surface area contributed by atoms with Crippen molar-refractivity contribution in [2.75, 3.05) is 58.5 Å². The van der Waals surface area contributed by atoms with Crippen molar-refractivity contribution in [2.45, 2.75) is 19.4 Å². The van der Waals surface area contributed by atoms with Gasteiger partial charge in [-0.1, -0.05) is 0 Å². The highest BCUT2D eigenvalue weighted by Crippen LogP contribution is 2.30. The predicted molar refractivity (Wildman–Crippen MR) is 118 cm³/mol. The summed E-state index contributed by atoms with van der Waals surface area (Å²) < 4.78 is 18.9. The molecule has 2 saturated heterocycles. The molecule has 0 saturated carbocycles. The zero-order valence-electron chi connectivity index (χ0n) is 18.2. The second-order valence-corrected chi connectivity index (χ2v) is 8.20. The van der Waals surface area contributed by atoms with E-state index in [1.165, 1.54) is 0 Å². The highest BCUT2D eigenvalue weighted by atomic mass is 16.5. The van der Waals surface area contributed by atoms with E-state index in [1.54, 1.807) is 7.11 Å². The molecule has 0 radical (unpaired) electrons. The fraction of sp³-hybridized carbons (Fsp3) is 0.500. The zero-order valence-corrected chi connectivity index (χ0v) is 18.2. The molecule has 1 aromatic carbocycles. The Labute approximate surface area is 181 Å². The molecule has 3 aromatic rings. The van der Waals surface area contributed by atoms with E-state index in [4.69, 9.17) is 14.2 Å². The minimum absolute atomic E-state index is 0.0931. The molecule has 2 aliphatic heterocycles. The van der Waals surface area contributed by atoms with Crippen LogP contribution in [-0.2, 0) is 4.74 Å². The molecule has 0 amide bonds. The van der Waals surface area contributed by atoms with Crippen LogP contribution in [0.4, 0.5) is 5.82 Å². The van der Waals surface area contributed by atoms with Gasteiger partial charge in [0, 0.05) is 50.1 Å². The molecule has 2 aromatic heterocycles. The van der Waals surface area contributed by atoms with Gasteiger partial charge in [0.15, 0.2) is 5.82 Å². The molecule has 0 aliphatic carbocycles. The van der Waals surface area contributed by atoms with Gasteiger partial charge in [0.25, 0.3) is 0 Å². The summed E-state index contributed by atoms with van der Waals surface area (Å²) in [6.07, 6.45) is 2.86. The van der Waals surface area contributed by atoms with E-state index in [1.807, 2.05) is 23.0 Å². The molecule has 5 rings (SSSR count). The second-order valence-electron chi connectivity index (χ2n) is 8.20. The van der Waals surface area contributed by atoms with Crippen molar-refractivity contribution in [3.63, 3.8) is 0 Å². The Morgan fingerprint density at radius 3 is 2.61 bits per heavy atom. The summed E-state index contributed by atoms with van der Waals surface area (Å²) in [5.74, 6) is 2.38. The molecule has 0 N–H and O–H groups in total. The lowest BCUT2D eigenvalue weighted by Crippen LogP contribution is -2.44. The number of methoxy groups -OCH3 is 1. The molecule has 1 atom stereocenters. The zero-order chi connectivity index (χ0) is 21.4. The Morgan fingerprint density at radius 2 is 1.87 bits per heavy atom. The summed E-state index contributed by atoms with van der Waals surface area (Å²) in [7, 11) is 3.73. The van der Waals surface area contributed by atoms with Gasteiger partial charge in [0.1, 0.15) is 17.7 Å². The van der Waals surface area contributed by atoms with E-state index in [-0.39, 0.29) is 6.10 Å². The molecule has 9 heteroatoms. The summed E-state index contributed by atoms with van der Waals surface area (Å²) in [5, 5.41) is 5.65. The summed E-state index contributed by atoms with van der Waals surface area (Å²) in [4.78, 5) is 13.7. The molecule has 0 spiro atoms. The van der Waals surface area contributed by atoms with Crippen LogP contribution in [0.1, 0.15) is 12.0 Å². The fourth-order valence-electron chi connectivity index (χ4n) is 4.06. The normalized spacial score (nSPS) is 19.8. The summed E-state index contributed by atoms with van der Waals surface area (Å²) >= 11 is 0. The van der Waals surface area contributed by atoms with Crippen LogP contribution in [-0.4, -0.2) is 84.3 Å². The van der Waals surface area contributed by atoms with E-state index < -0.39 is 0 Å². The van der Waals surface area contributed by atoms with Crippen molar-refractivity contribution in [1.29, 1.82) is 0 Å². The number of likely N-dealkylation sites (N-methyl/N-ethyl adjacent to an activating group) is 1. The van der Waals surface area contributed by atoms with E-state index >= 15 is 0 Å². The third-order valence-corrected chi connectivity index (χ3v) is 5.95. The van der Waals surface area contributed by atoms with Gasteiger partial charge in [-0.2, -0.15) is 15.1 Å². The predicted octanol–water partition coefficient (Wildman–Crippen LogP) is 2.05. The number of rotatable bonds is 5. The van der Waals surface area contributed by atoms with Crippen LogP contribution < -0.4 is 14.4 Å². The van der Waals surface area contributed by atoms with Crippen molar-refractivity contribution in [3.05, 3.63) is 30.0 Å². The number of ether oxygens (including phenoxy) is 3. The van der Waals surface area contributed by atoms with E-state index in [0.717, 1.165) is 67.2 Å². The number of fused-ring (bicyclic) bond motifs is 1. The highest BCUT2D eigenvalue weighted by molar-refractivity contribution is 5.83. The third kappa shape index (κ3) is 4.03. The maximum Gasteiger partial charge on any atom is 0.320 e. The molecule has 9 nitrogen and oxygen atoms in total. The number of piperazine rings is 1. The number of hydrogen-bond acceptors (Lipinski definition) is 8. The lowest BCUT2D eigenvalue weighted by molar-refractivity contribution is 0.141. The monoisotopic (exact) mass is 424 g/mol. The number of aromatic nitrogens is 4. The quantitative estimate of drug-likeness (QED) is 0.616. The number of nitrogens with zero attached hydrogens (tertiary/aromatic N) is 6. The Balaban J connectivity index is 1.52. The first-order valence-electron chi connectivity index (χ1n) is 10.7. The second kappa shape index (κ2) is 8.32. The Kier molecular flexibility index (Phi) is 5.37. The topological polar surface area (TPSA) is 77.8 Å². The Hall–Kier alpha value is -2.91. The Bertz CT molecular complexity index is 1070. The van der Waals surface area contributed by atoms with Crippen LogP contribution in [0.15, 0.2) is 24.4 Å². The first kappa shape index (κ1) is 20.0. The molecule has 31 heavy (non-hydrogen) atoms. The van der Waals surface area contributed by atoms with Crippen LogP contribution in [0.2, 0.25) is 0 Å². The van der Waals surface area contributed by atoms with Gasteiger partial charge >= 0.3 is 6.01 Å². The SMILES string of the molecule is COc1nc(N2CCN(C)CC2)cc(-n2ncc3cc(C)c(OC4CCOC4)cc32)n1. The Morgan fingerprint density at radius 1 is 1.06 bits per heavy atom. The van der Waals surface area contributed by atoms with Gasteiger partial charge in [-0.25, -0.2) is 4.68 Å². The van der Waals surface area contributed by atoms with Crippen molar-refractivity contribution in [3.8, 4) is 17.6 Å². The number of anilines is 1.